The number of nitrogens with zero attached hydrogens (tertiary/aromatic N) is 3. The molecule has 0 aliphatic rings. The van der Waals surface area contributed by atoms with Crippen LogP contribution in [0.1, 0.15) is 16.8 Å². The summed E-state index contributed by atoms with van der Waals surface area (Å²) in [4.78, 5) is 4.73. The first-order chi connectivity index (χ1) is 12.2. The van der Waals surface area contributed by atoms with E-state index in [-0.39, 0.29) is 0 Å². The highest BCUT2D eigenvalue weighted by Gasteiger charge is 2.12. The van der Waals surface area contributed by atoms with Gasteiger partial charge in [0, 0.05) is 17.0 Å². The molecule has 0 aliphatic heterocycles. The Bertz CT molecular complexity index is 1000. The van der Waals surface area contributed by atoms with E-state index in [1.165, 1.54) is 11.1 Å². The standard InChI is InChI=1S/C21H19N3S/c1-15-8-10-17(11-9-15)14-25-20-12-16(2)23-21-19(13-22-24(20)21)18-6-4-3-5-7-18/h3-13H,14H2,1-2H3. The van der Waals surface area contributed by atoms with Crippen molar-refractivity contribution < 1.29 is 0 Å². The van der Waals surface area contributed by atoms with Crippen LogP contribution in [-0.4, -0.2) is 14.6 Å². The van der Waals surface area contributed by atoms with Crippen LogP contribution >= 0.6 is 11.8 Å². The van der Waals surface area contributed by atoms with E-state index >= 15 is 0 Å². The van der Waals surface area contributed by atoms with Crippen molar-refractivity contribution in [3.63, 3.8) is 0 Å². The van der Waals surface area contributed by atoms with E-state index in [4.69, 9.17) is 4.98 Å². The van der Waals surface area contributed by atoms with Crippen LogP contribution in [-0.2, 0) is 5.75 Å². The Hall–Kier alpha value is -2.59. The second-order valence-electron chi connectivity index (χ2n) is 6.17. The predicted molar refractivity (Wildman–Crippen MR) is 104 cm³/mol. The molecule has 0 saturated heterocycles. The maximum atomic E-state index is 4.73. The number of hydrogen-bond donors (Lipinski definition) is 0. The Kier molecular flexibility index (Phi) is 4.28. The first-order valence-corrected chi connectivity index (χ1v) is 9.28. The molecule has 0 bridgehead atoms. The number of hydrogen-bond acceptors (Lipinski definition) is 3. The smallest absolute Gasteiger partial charge is 0.164 e. The van der Waals surface area contributed by atoms with E-state index < -0.39 is 0 Å². The number of benzene rings is 2. The van der Waals surface area contributed by atoms with E-state index in [9.17, 15) is 0 Å². The molecule has 2 aromatic carbocycles. The summed E-state index contributed by atoms with van der Waals surface area (Å²) in [7, 11) is 0. The Balaban J connectivity index is 1.70. The fraction of sp³-hybridized carbons (Fsp3) is 0.143. The molecule has 2 aromatic heterocycles. The normalized spacial score (nSPS) is 11.1. The number of fused-ring (bicyclic) bond motifs is 1. The number of thioether (sulfide) groups is 1. The highest BCUT2D eigenvalue weighted by Crippen LogP contribution is 2.29. The van der Waals surface area contributed by atoms with Gasteiger partial charge in [-0.25, -0.2) is 9.50 Å². The molecule has 4 rings (SSSR count). The SMILES string of the molecule is Cc1ccc(CSc2cc(C)nc3c(-c4ccccc4)cnn23)cc1. The van der Waals surface area contributed by atoms with Crippen LogP contribution in [0.4, 0.5) is 0 Å². The average Bonchev–Trinajstić information content (AvgIpc) is 3.05. The molecule has 0 spiro atoms. The van der Waals surface area contributed by atoms with Crippen LogP contribution < -0.4 is 0 Å². The van der Waals surface area contributed by atoms with Gasteiger partial charge in [-0.2, -0.15) is 5.10 Å². The largest absolute Gasteiger partial charge is 0.233 e. The highest BCUT2D eigenvalue weighted by atomic mass is 32.2. The van der Waals surface area contributed by atoms with Gasteiger partial charge in [0.05, 0.1) is 6.20 Å². The molecule has 25 heavy (non-hydrogen) atoms. The van der Waals surface area contributed by atoms with Crippen molar-refractivity contribution in [1.29, 1.82) is 0 Å². The number of rotatable bonds is 4. The van der Waals surface area contributed by atoms with E-state index in [0.717, 1.165) is 33.2 Å². The van der Waals surface area contributed by atoms with Gasteiger partial charge in [-0.15, -0.1) is 11.8 Å². The van der Waals surface area contributed by atoms with Crippen LogP contribution in [0.15, 0.2) is 71.9 Å². The molecule has 2 heterocycles. The monoisotopic (exact) mass is 345 g/mol. The maximum Gasteiger partial charge on any atom is 0.164 e. The van der Waals surface area contributed by atoms with Crippen molar-refractivity contribution in [2.45, 2.75) is 24.6 Å². The third kappa shape index (κ3) is 3.30. The second kappa shape index (κ2) is 6.73. The van der Waals surface area contributed by atoms with Gasteiger partial charge in [-0.05, 0) is 31.0 Å². The van der Waals surface area contributed by atoms with Gasteiger partial charge in [0.25, 0.3) is 0 Å². The quantitative estimate of drug-likeness (QED) is 0.371. The summed E-state index contributed by atoms with van der Waals surface area (Å²) < 4.78 is 1.95. The van der Waals surface area contributed by atoms with Crippen LogP contribution in [0.3, 0.4) is 0 Å². The summed E-state index contributed by atoms with van der Waals surface area (Å²) in [5.74, 6) is 0.916. The van der Waals surface area contributed by atoms with Crippen molar-refractivity contribution >= 4 is 17.4 Å². The lowest BCUT2D eigenvalue weighted by atomic mass is 10.1. The zero-order chi connectivity index (χ0) is 17.2. The molecular formula is C21H19N3S. The molecule has 0 amide bonds. The lowest BCUT2D eigenvalue weighted by Crippen LogP contribution is -1.97. The minimum Gasteiger partial charge on any atom is -0.233 e. The highest BCUT2D eigenvalue weighted by molar-refractivity contribution is 7.98. The third-order valence-electron chi connectivity index (χ3n) is 4.16. The van der Waals surface area contributed by atoms with Gasteiger partial charge in [-0.3, -0.25) is 0 Å². The van der Waals surface area contributed by atoms with Crippen LogP contribution in [0, 0.1) is 13.8 Å². The molecule has 0 radical (unpaired) electrons. The van der Waals surface area contributed by atoms with Crippen molar-refractivity contribution in [1.82, 2.24) is 14.6 Å². The van der Waals surface area contributed by atoms with E-state index in [1.54, 1.807) is 11.8 Å². The molecule has 124 valence electrons. The Morgan fingerprint density at radius 1 is 0.960 bits per heavy atom. The number of aryl methyl sites for hydroxylation is 2. The molecule has 0 fully saturated rings. The van der Waals surface area contributed by atoms with E-state index in [1.807, 2.05) is 35.8 Å². The minimum atomic E-state index is 0.914. The summed E-state index contributed by atoms with van der Waals surface area (Å²) in [6.45, 7) is 4.15. The molecule has 4 heteroatoms. The van der Waals surface area contributed by atoms with Crippen LogP contribution in [0.25, 0.3) is 16.8 Å². The molecule has 3 nitrogen and oxygen atoms in total. The summed E-state index contributed by atoms with van der Waals surface area (Å²) in [5, 5.41) is 5.71. The summed E-state index contributed by atoms with van der Waals surface area (Å²) >= 11 is 1.79. The molecule has 0 unspecified atom stereocenters. The zero-order valence-corrected chi connectivity index (χ0v) is 15.1. The summed E-state index contributed by atoms with van der Waals surface area (Å²) in [6.07, 6.45) is 1.91. The van der Waals surface area contributed by atoms with Gasteiger partial charge in [0.1, 0.15) is 5.03 Å². The van der Waals surface area contributed by atoms with Gasteiger partial charge < -0.3 is 0 Å². The molecule has 4 aromatic rings. The molecular weight excluding hydrogens is 326 g/mol. The number of aromatic nitrogens is 3. The summed E-state index contributed by atoms with van der Waals surface area (Å²) in [6, 6.07) is 21.1. The van der Waals surface area contributed by atoms with Crippen LogP contribution in [0.5, 0.6) is 0 Å². The summed E-state index contributed by atoms with van der Waals surface area (Å²) in [5.41, 5.74) is 6.74. The molecule has 0 aliphatic carbocycles. The average molecular weight is 345 g/mol. The van der Waals surface area contributed by atoms with Gasteiger partial charge in [-0.1, -0.05) is 60.2 Å². The fourth-order valence-corrected chi connectivity index (χ4v) is 3.83. The molecule has 0 saturated carbocycles. The van der Waals surface area contributed by atoms with Crippen molar-refractivity contribution in [3.05, 3.63) is 83.7 Å². The van der Waals surface area contributed by atoms with Crippen LogP contribution in [0.2, 0.25) is 0 Å². The first kappa shape index (κ1) is 15.9. The van der Waals surface area contributed by atoms with Gasteiger partial charge >= 0.3 is 0 Å². The topological polar surface area (TPSA) is 30.2 Å². The lowest BCUT2D eigenvalue weighted by Gasteiger charge is -2.07. The Morgan fingerprint density at radius 3 is 2.48 bits per heavy atom. The minimum absolute atomic E-state index is 0.914. The van der Waals surface area contributed by atoms with Crippen molar-refractivity contribution in [2.24, 2.45) is 0 Å². The Morgan fingerprint density at radius 2 is 1.72 bits per heavy atom. The third-order valence-corrected chi connectivity index (χ3v) is 5.22. The van der Waals surface area contributed by atoms with Crippen molar-refractivity contribution in [2.75, 3.05) is 0 Å². The second-order valence-corrected chi connectivity index (χ2v) is 7.17. The molecule has 0 atom stereocenters. The van der Waals surface area contributed by atoms with Gasteiger partial charge in [0.15, 0.2) is 5.65 Å². The molecule has 0 N–H and O–H groups in total. The van der Waals surface area contributed by atoms with Gasteiger partial charge in [0.2, 0.25) is 0 Å². The maximum absolute atomic E-state index is 4.73. The lowest BCUT2D eigenvalue weighted by molar-refractivity contribution is 0.834. The zero-order valence-electron chi connectivity index (χ0n) is 14.3. The fourth-order valence-electron chi connectivity index (χ4n) is 2.82. The van der Waals surface area contributed by atoms with E-state index in [0.29, 0.717) is 0 Å². The van der Waals surface area contributed by atoms with Crippen molar-refractivity contribution in [3.8, 4) is 11.1 Å². The van der Waals surface area contributed by atoms with E-state index in [2.05, 4.69) is 54.5 Å². The Labute approximate surface area is 151 Å². The predicted octanol–water partition coefficient (Wildman–Crippen LogP) is 5.31. The first-order valence-electron chi connectivity index (χ1n) is 8.30.